The zero-order valence-electron chi connectivity index (χ0n) is 17.2. The first-order chi connectivity index (χ1) is 14.0. The third kappa shape index (κ3) is 2.82. The fraction of sp³-hybridized carbons (Fsp3) is 0.810. The molecule has 3 fully saturated rings. The molecule has 0 aromatic carbocycles. The topological polar surface area (TPSA) is 91.6 Å². The maximum atomic E-state index is 13.6. The van der Waals surface area contributed by atoms with E-state index in [0.29, 0.717) is 31.8 Å². The predicted molar refractivity (Wildman–Crippen MR) is 105 cm³/mol. The van der Waals surface area contributed by atoms with Crippen LogP contribution in [0.25, 0.3) is 0 Å². The van der Waals surface area contributed by atoms with E-state index < -0.39 is 5.41 Å². The monoisotopic (exact) mass is 401 g/mol. The Morgan fingerprint density at radius 2 is 1.90 bits per heavy atom. The number of amides is 2. The Balaban J connectivity index is 1.41. The van der Waals surface area contributed by atoms with Crippen LogP contribution in [0.2, 0.25) is 0 Å². The molecule has 0 unspecified atom stereocenters. The summed E-state index contributed by atoms with van der Waals surface area (Å²) >= 11 is 0. The Morgan fingerprint density at radius 1 is 1.10 bits per heavy atom. The number of nitrogens with zero attached hydrogens (tertiary/aromatic N) is 5. The lowest BCUT2D eigenvalue weighted by atomic mass is 9.70. The minimum atomic E-state index is -0.494. The summed E-state index contributed by atoms with van der Waals surface area (Å²) in [4.78, 5) is 31.0. The number of hydrogen-bond acceptors (Lipinski definition) is 5. The predicted octanol–water partition coefficient (Wildman–Crippen LogP) is 1.37. The number of piperidine rings is 1. The minimum Gasteiger partial charge on any atom is -0.393 e. The molecule has 158 valence electrons. The lowest BCUT2D eigenvalue weighted by Gasteiger charge is -2.41. The summed E-state index contributed by atoms with van der Waals surface area (Å²) in [6.07, 6.45) is 7.36. The molecule has 5 rings (SSSR count). The highest BCUT2D eigenvalue weighted by molar-refractivity contribution is 5.94. The van der Waals surface area contributed by atoms with Crippen LogP contribution in [0.3, 0.4) is 0 Å². The molecule has 0 radical (unpaired) electrons. The molecule has 3 atom stereocenters. The summed E-state index contributed by atoms with van der Waals surface area (Å²) in [5, 5.41) is 18.3. The molecule has 5 heterocycles. The Morgan fingerprint density at radius 3 is 2.66 bits per heavy atom. The third-order valence-electron chi connectivity index (χ3n) is 7.83. The van der Waals surface area contributed by atoms with Gasteiger partial charge in [0.15, 0.2) is 0 Å². The number of hydrogen-bond donors (Lipinski definition) is 1. The van der Waals surface area contributed by atoms with E-state index in [2.05, 4.69) is 17.1 Å². The molecule has 1 aromatic rings. The fourth-order valence-corrected chi connectivity index (χ4v) is 6.22. The van der Waals surface area contributed by atoms with Gasteiger partial charge in [-0.3, -0.25) is 9.59 Å². The van der Waals surface area contributed by atoms with Crippen LogP contribution in [0.4, 0.5) is 0 Å². The first kappa shape index (κ1) is 19.0. The van der Waals surface area contributed by atoms with Crippen LogP contribution in [-0.4, -0.2) is 72.8 Å². The van der Waals surface area contributed by atoms with Crippen molar-refractivity contribution in [2.24, 2.45) is 5.41 Å². The standard InChI is InChI=1S/C21H31N5O3/c1-2-21(20(29)24-11-8-15(27)9-12-24)13-14-6-7-16(21)26(14)19(28)18-23-22-17-5-3-4-10-25(17)18/h14-16,27H,2-13H2,1H3/t14-,16+,21+/m1/s1. The van der Waals surface area contributed by atoms with Gasteiger partial charge >= 0.3 is 0 Å². The molecule has 8 heteroatoms. The highest BCUT2D eigenvalue weighted by Crippen LogP contribution is 2.53. The lowest BCUT2D eigenvalue weighted by Crippen LogP contribution is -2.53. The van der Waals surface area contributed by atoms with Gasteiger partial charge in [-0.1, -0.05) is 6.92 Å². The molecule has 2 bridgehead atoms. The SMILES string of the molecule is CC[C@]1(C(=O)N2CCC(O)CC2)C[C@H]2CC[C@@H]1N2C(=O)c1nnc2n1CCCC2. The van der Waals surface area contributed by atoms with E-state index in [9.17, 15) is 14.7 Å². The molecule has 4 aliphatic heterocycles. The second kappa shape index (κ2) is 7.07. The molecule has 0 spiro atoms. The van der Waals surface area contributed by atoms with Crippen molar-refractivity contribution in [3.63, 3.8) is 0 Å². The normalized spacial score (nSPS) is 31.9. The highest BCUT2D eigenvalue weighted by atomic mass is 16.3. The largest absolute Gasteiger partial charge is 0.393 e. The number of carbonyl (C=O) groups excluding carboxylic acids is 2. The van der Waals surface area contributed by atoms with Crippen molar-refractivity contribution >= 4 is 11.8 Å². The van der Waals surface area contributed by atoms with Crippen LogP contribution in [0.5, 0.6) is 0 Å². The maximum Gasteiger partial charge on any atom is 0.292 e. The summed E-state index contributed by atoms with van der Waals surface area (Å²) in [6, 6.07) is 0.0595. The van der Waals surface area contributed by atoms with Crippen LogP contribution in [-0.2, 0) is 17.8 Å². The molecule has 29 heavy (non-hydrogen) atoms. The van der Waals surface area contributed by atoms with Crippen LogP contribution >= 0.6 is 0 Å². The van der Waals surface area contributed by atoms with E-state index >= 15 is 0 Å². The average molecular weight is 402 g/mol. The van der Waals surface area contributed by atoms with Crippen molar-refractivity contribution in [3.05, 3.63) is 11.6 Å². The van der Waals surface area contributed by atoms with E-state index in [1.54, 1.807) is 0 Å². The number of carbonyl (C=O) groups is 2. The van der Waals surface area contributed by atoms with Gasteiger partial charge in [-0.25, -0.2) is 0 Å². The minimum absolute atomic E-state index is 0.0460. The van der Waals surface area contributed by atoms with Crippen molar-refractivity contribution in [1.82, 2.24) is 24.6 Å². The Labute approximate surface area is 171 Å². The summed E-state index contributed by atoms with van der Waals surface area (Å²) in [5.41, 5.74) is -0.494. The zero-order chi connectivity index (χ0) is 20.2. The van der Waals surface area contributed by atoms with E-state index in [1.807, 2.05) is 14.4 Å². The van der Waals surface area contributed by atoms with Crippen LogP contribution < -0.4 is 0 Å². The number of likely N-dealkylation sites (tertiary alicyclic amines) is 1. The van der Waals surface area contributed by atoms with Gasteiger partial charge in [-0.2, -0.15) is 0 Å². The number of aryl methyl sites for hydroxylation is 1. The summed E-state index contributed by atoms with van der Waals surface area (Å²) in [7, 11) is 0. The summed E-state index contributed by atoms with van der Waals surface area (Å²) in [5.74, 6) is 1.50. The van der Waals surface area contributed by atoms with E-state index in [4.69, 9.17) is 0 Å². The highest BCUT2D eigenvalue weighted by Gasteiger charge is 2.61. The van der Waals surface area contributed by atoms with Gasteiger partial charge in [0, 0.05) is 38.1 Å². The Hall–Kier alpha value is -1.96. The van der Waals surface area contributed by atoms with E-state index in [1.165, 1.54) is 0 Å². The van der Waals surface area contributed by atoms with Crippen LogP contribution in [0.1, 0.15) is 74.7 Å². The number of aliphatic hydroxyl groups excluding tert-OH is 1. The van der Waals surface area contributed by atoms with E-state index in [0.717, 1.165) is 57.3 Å². The second-order valence-corrected chi connectivity index (χ2v) is 9.25. The summed E-state index contributed by atoms with van der Waals surface area (Å²) < 4.78 is 1.99. The van der Waals surface area contributed by atoms with Gasteiger partial charge in [-0.15, -0.1) is 10.2 Å². The van der Waals surface area contributed by atoms with Gasteiger partial charge in [-0.05, 0) is 51.4 Å². The first-order valence-corrected chi connectivity index (χ1v) is 11.3. The molecular formula is C21H31N5O3. The van der Waals surface area contributed by atoms with Crippen molar-refractivity contribution in [2.75, 3.05) is 13.1 Å². The third-order valence-corrected chi connectivity index (χ3v) is 7.83. The molecule has 8 nitrogen and oxygen atoms in total. The second-order valence-electron chi connectivity index (χ2n) is 9.25. The molecule has 1 aromatic heterocycles. The van der Waals surface area contributed by atoms with Crippen molar-refractivity contribution in [1.29, 1.82) is 0 Å². The van der Waals surface area contributed by atoms with Gasteiger partial charge in [0.2, 0.25) is 11.7 Å². The molecule has 0 aliphatic carbocycles. The van der Waals surface area contributed by atoms with E-state index in [-0.39, 0.29) is 30.0 Å². The average Bonchev–Trinajstić information content (AvgIpc) is 3.45. The number of rotatable bonds is 3. The van der Waals surface area contributed by atoms with Gasteiger partial charge in [0.1, 0.15) is 5.82 Å². The Bertz CT molecular complexity index is 815. The maximum absolute atomic E-state index is 13.6. The van der Waals surface area contributed by atoms with Crippen LogP contribution in [0.15, 0.2) is 0 Å². The molecule has 0 saturated carbocycles. The smallest absolute Gasteiger partial charge is 0.292 e. The first-order valence-electron chi connectivity index (χ1n) is 11.3. The van der Waals surface area contributed by atoms with Crippen molar-refractivity contribution in [3.8, 4) is 0 Å². The number of aliphatic hydroxyl groups is 1. The summed E-state index contributed by atoms with van der Waals surface area (Å²) in [6.45, 7) is 4.12. The van der Waals surface area contributed by atoms with Gasteiger partial charge in [0.05, 0.1) is 11.5 Å². The van der Waals surface area contributed by atoms with Gasteiger partial charge in [0.25, 0.3) is 5.91 Å². The molecule has 3 saturated heterocycles. The van der Waals surface area contributed by atoms with Gasteiger partial charge < -0.3 is 19.5 Å². The fourth-order valence-electron chi connectivity index (χ4n) is 6.22. The Kier molecular flexibility index (Phi) is 4.64. The van der Waals surface area contributed by atoms with Crippen molar-refractivity contribution < 1.29 is 14.7 Å². The lowest BCUT2D eigenvalue weighted by molar-refractivity contribution is -0.146. The molecule has 2 amide bonds. The molecule has 1 N–H and O–H groups in total. The molecular weight excluding hydrogens is 370 g/mol. The van der Waals surface area contributed by atoms with Crippen molar-refractivity contribution in [2.45, 2.75) is 89.4 Å². The van der Waals surface area contributed by atoms with Crippen LogP contribution in [0, 0.1) is 5.41 Å². The number of fused-ring (bicyclic) bond motifs is 3. The zero-order valence-corrected chi connectivity index (χ0v) is 17.2. The quantitative estimate of drug-likeness (QED) is 0.826. The number of aromatic nitrogens is 3. The molecule has 4 aliphatic rings.